The molecule has 2 amide bonds. The van der Waals surface area contributed by atoms with Crippen LogP contribution in [0.2, 0.25) is 10.0 Å². The Morgan fingerprint density at radius 2 is 1.52 bits per heavy atom. The summed E-state index contributed by atoms with van der Waals surface area (Å²) >= 11 is 12.9. The van der Waals surface area contributed by atoms with E-state index >= 15 is 0 Å². The molecule has 0 fully saturated rings. The topological polar surface area (TPSA) is 96.0 Å². The summed E-state index contributed by atoms with van der Waals surface area (Å²) in [7, 11) is -2.76. The molecule has 0 aromatic heterocycles. The van der Waals surface area contributed by atoms with E-state index in [0.29, 0.717) is 17.9 Å². The number of unbranched alkanes of at least 4 members (excludes halogenated alkanes) is 1. The highest BCUT2D eigenvalue weighted by Crippen LogP contribution is 2.35. The van der Waals surface area contributed by atoms with E-state index < -0.39 is 28.5 Å². The number of amides is 2. The predicted octanol–water partition coefficient (Wildman–Crippen LogP) is 6.75. The summed E-state index contributed by atoms with van der Waals surface area (Å²) in [5.41, 5.74) is 1.58. The van der Waals surface area contributed by atoms with Gasteiger partial charge in [0, 0.05) is 19.5 Å². The van der Waals surface area contributed by atoms with Gasteiger partial charge in [-0.3, -0.25) is 13.9 Å². The highest BCUT2D eigenvalue weighted by Gasteiger charge is 2.35. The first-order valence-electron chi connectivity index (χ1n) is 14.9. The van der Waals surface area contributed by atoms with Crippen molar-refractivity contribution in [3.8, 4) is 5.75 Å². The Morgan fingerprint density at radius 1 is 0.870 bits per heavy atom. The maximum atomic E-state index is 14.6. The van der Waals surface area contributed by atoms with Crippen molar-refractivity contribution in [2.45, 2.75) is 43.7 Å². The van der Waals surface area contributed by atoms with Crippen LogP contribution in [0.4, 0.5) is 5.69 Å². The fourth-order valence-electron chi connectivity index (χ4n) is 4.95. The van der Waals surface area contributed by atoms with Crippen LogP contribution in [0.5, 0.6) is 5.75 Å². The number of anilines is 1. The van der Waals surface area contributed by atoms with Crippen LogP contribution in [0.3, 0.4) is 0 Å². The molecule has 0 aliphatic rings. The molecule has 0 aliphatic carbocycles. The van der Waals surface area contributed by atoms with Gasteiger partial charge >= 0.3 is 0 Å². The molecule has 4 aromatic carbocycles. The zero-order valence-electron chi connectivity index (χ0n) is 25.7. The van der Waals surface area contributed by atoms with Crippen LogP contribution >= 0.6 is 23.2 Å². The lowest BCUT2D eigenvalue weighted by molar-refractivity contribution is -0.140. The van der Waals surface area contributed by atoms with Crippen LogP contribution in [0, 0.1) is 0 Å². The lowest BCUT2D eigenvalue weighted by Crippen LogP contribution is -2.53. The molecule has 0 saturated carbocycles. The Morgan fingerprint density at radius 3 is 2.20 bits per heavy atom. The summed E-state index contributed by atoms with van der Waals surface area (Å²) < 4.78 is 34.6. The number of benzene rings is 4. The van der Waals surface area contributed by atoms with E-state index in [0.717, 1.165) is 22.7 Å². The van der Waals surface area contributed by atoms with Gasteiger partial charge in [-0.15, -0.1) is 0 Å². The molecule has 0 radical (unpaired) electrons. The number of methoxy groups -OCH3 is 1. The Kier molecular flexibility index (Phi) is 12.5. The molecule has 46 heavy (non-hydrogen) atoms. The molecular formula is C35H37Cl2N3O5S. The quantitative estimate of drug-likeness (QED) is 0.140. The van der Waals surface area contributed by atoms with Gasteiger partial charge in [0.25, 0.3) is 10.0 Å². The third-order valence-corrected chi connectivity index (χ3v) is 9.98. The molecule has 1 atom stereocenters. The van der Waals surface area contributed by atoms with Crippen LogP contribution < -0.4 is 14.4 Å². The third-order valence-electron chi connectivity index (χ3n) is 7.40. The van der Waals surface area contributed by atoms with E-state index in [1.165, 1.54) is 29.2 Å². The number of hydrogen-bond donors (Lipinski definition) is 1. The first kappa shape index (κ1) is 34.8. The Hall–Kier alpha value is -4.05. The van der Waals surface area contributed by atoms with Crippen molar-refractivity contribution in [1.82, 2.24) is 10.2 Å². The fraction of sp³-hybridized carbons (Fsp3) is 0.257. The molecule has 0 saturated heterocycles. The first-order valence-corrected chi connectivity index (χ1v) is 17.1. The average Bonchev–Trinajstić information content (AvgIpc) is 3.07. The Balaban J connectivity index is 1.82. The van der Waals surface area contributed by atoms with Crippen molar-refractivity contribution in [3.05, 3.63) is 124 Å². The number of carbonyl (C=O) groups excluding carboxylic acids is 2. The summed E-state index contributed by atoms with van der Waals surface area (Å²) in [6.07, 6.45) is 1.85. The summed E-state index contributed by atoms with van der Waals surface area (Å²) in [5.74, 6) is -0.368. The summed E-state index contributed by atoms with van der Waals surface area (Å²) in [6, 6.07) is 28.0. The number of sulfonamides is 1. The standard InChI is InChI=1S/C35H37Cl2N3O5S/c1-3-4-21-38-35(42)32(23-26-13-7-5-8-14-26)39(24-27-15-11-16-28(22-27)45-2)33(41)25-40(31-20-12-19-30(36)34(31)37)46(43,44)29-17-9-6-10-18-29/h5-20,22,32H,3-4,21,23-25H2,1-2H3,(H,38,42)/t32-/m1/s1. The number of rotatable bonds is 15. The van der Waals surface area contributed by atoms with Gasteiger partial charge in [0.2, 0.25) is 11.8 Å². The van der Waals surface area contributed by atoms with E-state index in [2.05, 4.69) is 5.32 Å². The van der Waals surface area contributed by atoms with Crippen LogP contribution in [0.25, 0.3) is 0 Å². The van der Waals surface area contributed by atoms with Crippen LogP contribution in [-0.2, 0) is 32.6 Å². The molecule has 4 aromatic rings. The molecule has 1 N–H and O–H groups in total. The molecular weight excluding hydrogens is 645 g/mol. The van der Waals surface area contributed by atoms with E-state index in [9.17, 15) is 18.0 Å². The minimum Gasteiger partial charge on any atom is -0.497 e. The number of nitrogens with zero attached hydrogens (tertiary/aromatic N) is 2. The van der Waals surface area contributed by atoms with Gasteiger partial charge in [-0.1, -0.05) is 103 Å². The molecule has 0 unspecified atom stereocenters. The van der Waals surface area contributed by atoms with Crippen molar-refractivity contribution in [1.29, 1.82) is 0 Å². The van der Waals surface area contributed by atoms with E-state index in [1.807, 2.05) is 43.3 Å². The zero-order valence-corrected chi connectivity index (χ0v) is 28.1. The SMILES string of the molecule is CCCCNC(=O)[C@@H](Cc1ccccc1)N(Cc1cccc(OC)c1)C(=O)CN(c1cccc(Cl)c1Cl)S(=O)(=O)c1ccccc1. The molecule has 0 bridgehead atoms. The first-order chi connectivity index (χ1) is 22.1. The molecule has 242 valence electrons. The lowest BCUT2D eigenvalue weighted by Gasteiger charge is -2.34. The van der Waals surface area contributed by atoms with Gasteiger partial charge < -0.3 is 15.0 Å². The second-order valence-electron chi connectivity index (χ2n) is 10.6. The molecule has 4 rings (SSSR count). The van der Waals surface area contributed by atoms with Gasteiger partial charge in [-0.05, 0) is 53.9 Å². The molecule has 8 nitrogen and oxygen atoms in total. The monoisotopic (exact) mass is 681 g/mol. The van der Waals surface area contributed by atoms with Crippen molar-refractivity contribution in [2.24, 2.45) is 0 Å². The van der Waals surface area contributed by atoms with Crippen molar-refractivity contribution in [3.63, 3.8) is 0 Å². The van der Waals surface area contributed by atoms with Crippen molar-refractivity contribution in [2.75, 3.05) is 24.5 Å². The minimum atomic E-state index is -4.31. The van der Waals surface area contributed by atoms with E-state index in [-0.39, 0.29) is 39.5 Å². The van der Waals surface area contributed by atoms with Crippen LogP contribution in [0.15, 0.2) is 108 Å². The largest absolute Gasteiger partial charge is 0.497 e. The number of nitrogens with one attached hydrogen (secondary N) is 1. The molecule has 11 heteroatoms. The van der Waals surface area contributed by atoms with Crippen molar-refractivity contribution >= 4 is 50.7 Å². The maximum absolute atomic E-state index is 14.6. The number of halogens is 2. The smallest absolute Gasteiger partial charge is 0.264 e. The summed E-state index contributed by atoms with van der Waals surface area (Å²) in [6.45, 7) is 1.83. The second kappa shape index (κ2) is 16.5. The highest BCUT2D eigenvalue weighted by molar-refractivity contribution is 7.92. The van der Waals surface area contributed by atoms with Gasteiger partial charge in [0.1, 0.15) is 18.3 Å². The van der Waals surface area contributed by atoms with E-state index in [1.54, 1.807) is 49.6 Å². The number of carbonyl (C=O) groups is 2. The summed E-state index contributed by atoms with van der Waals surface area (Å²) in [5, 5.41) is 3.09. The maximum Gasteiger partial charge on any atom is 0.264 e. The molecule has 0 aliphatic heterocycles. The fourth-order valence-corrected chi connectivity index (χ4v) is 6.84. The highest BCUT2D eigenvalue weighted by atomic mass is 35.5. The van der Waals surface area contributed by atoms with Crippen molar-refractivity contribution < 1.29 is 22.7 Å². The number of hydrogen-bond acceptors (Lipinski definition) is 5. The normalized spacial score (nSPS) is 11.8. The zero-order chi connectivity index (χ0) is 33.1. The lowest BCUT2D eigenvalue weighted by atomic mass is 10.0. The van der Waals surface area contributed by atoms with Gasteiger partial charge in [-0.2, -0.15) is 0 Å². The van der Waals surface area contributed by atoms with E-state index in [4.69, 9.17) is 27.9 Å². The van der Waals surface area contributed by atoms with Crippen LogP contribution in [0.1, 0.15) is 30.9 Å². The minimum absolute atomic E-state index is 0.0111. The Labute approximate surface area is 280 Å². The summed E-state index contributed by atoms with van der Waals surface area (Å²) in [4.78, 5) is 29.8. The van der Waals surface area contributed by atoms with Gasteiger partial charge in [0.05, 0.1) is 27.7 Å². The van der Waals surface area contributed by atoms with Gasteiger partial charge in [-0.25, -0.2) is 8.42 Å². The average molecular weight is 683 g/mol. The second-order valence-corrected chi connectivity index (χ2v) is 13.3. The number of ether oxygens (including phenoxy) is 1. The van der Waals surface area contributed by atoms with Gasteiger partial charge in [0.15, 0.2) is 0 Å². The third kappa shape index (κ3) is 8.81. The van der Waals surface area contributed by atoms with Crippen LogP contribution in [-0.4, -0.2) is 51.4 Å². The Bertz CT molecular complexity index is 1720. The predicted molar refractivity (Wildman–Crippen MR) is 183 cm³/mol. The molecule has 0 heterocycles. The molecule has 0 spiro atoms.